The number of nitrogens with one attached hydrogen (secondary N) is 2. The van der Waals surface area contributed by atoms with E-state index in [1.165, 1.54) is 0 Å². The summed E-state index contributed by atoms with van der Waals surface area (Å²) in [6.45, 7) is 2.18. The van der Waals surface area contributed by atoms with Crippen LogP contribution in [-0.2, 0) is 17.8 Å². The Labute approximate surface area is 193 Å². The van der Waals surface area contributed by atoms with Crippen LogP contribution in [0.4, 0.5) is 11.6 Å². The minimum absolute atomic E-state index is 0.103. The number of nitrogens with zero attached hydrogens (tertiary/aromatic N) is 4. The van der Waals surface area contributed by atoms with Crippen molar-refractivity contribution in [2.24, 2.45) is 0 Å². The van der Waals surface area contributed by atoms with E-state index in [9.17, 15) is 4.79 Å². The summed E-state index contributed by atoms with van der Waals surface area (Å²) in [6.07, 6.45) is 7.13. The normalized spacial score (nSPS) is 18.9. The molecule has 3 aromatic rings. The fourth-order valence-corrected chi connectivity index (χ4v) is 4.54. The molecule has 1 atom stereocenters. The van der Waals surface area contributed by atoms with Crippen molar-refractivity contribution in [1.82, 2.24) is 25.2 Å². The number of hydrogen-bond acceptors (Lipinski definition) is 7. The zero-order chi connectivity index (χ0) is 22.6. The second-order valence-electron chi connectivity index (χ2n) is 8.48. The van der Waals surface area contributed by atoms with Crippen molar-refractivity contribution < 1.29 is 9.53 Å². The second kappa shape index (κ2) is 9.54. The average Bonchev–Trinajstić information content (AvgIpc) is 3.30. The smallest absolute Gasteiger partial charge is 0.237 e. The zero-order valence-corrected chi connectivity index (χ0v) is 18.8. The maximum atomic E-state index is 12.9. The third-order valence-electron chi connectivity index (χ3n) is 6.26. The second-order valence-corrected chi connectivity index (χ2v) is 8.48. The van der Waals surface area contributed by atoms with Crippen LogP contribution in [0.3, 0.4) is 0 Å². The van der Waals surface area contributed by atoms with E-state index >= 15 is 0 Å². The quantitative estimate of drug-likeness (QED) is 0.595. The van der Waals surface area contributed by atoms with Gasteiger partial charge in [0.15, 0.2) is 0 Å². The van der Waals surface area contributed by atoms with E-state index in [4.69, 9.17) is 4.74 Å². The largest absolute Gasteiger partial charge is 0.496 e. The van der Waals surface area contributed by atoms with E-state index in [-0.39, 0.29) is 11.9 Å². The van der Waals surface area contributed by atoms with Crippen LogP contribution in [0.2, 0.25) is 0 Å². The van der Waals surface area contributed by atoms with Crippen molar-refractivity contribution in [2.45, 2.75) is 38.3 Å². The fraction of sp³-hybridized carbons (Fsp3) is 0.360. The SMILES string of the molecule is COc1ccc2cc1CN1CCC[C@H]1C(=O)NCCCc1ccc(cn1)-c1ccnc(n1)N2. The fourth-order valence-electron chi connectivity index (χ4n) is 4.54. The number of anilines is 2. The third-order valence-corrected chi connectivity index (χ3v) is 6.26. The topological polar surface area (TPSA) is 92.3 Å². The Hall–Kier alpha value is -3.52. The molecule has 6 rings (SSSR count). The van der Waals surface area contributed by atoms with Crippen LogP contribution >= 0.6 is 0 Å². The molecule has 3 aliphatic heterocycles. The first-order valence-corrected chi connectivity index (χ1v) is 11.4. The maximum absolute atomic E-state index is 12.9. The van der Waals surface area contributed by atoms with Gasteiger partial charge < -0.3 is 15.4 Å². The highest BCUT2D eigenvalue weighted by atomic mass is 16.5. The molecule has 33 heavy (non-hydrogen) atoms. The van der Waals surface area contributed by atoms with Crippen LogP contribution < -0.4 is 15.4 Å². The number of rotatable bonds is 1. The van der Waals surface area contributed by atoms with Crippen molar-refractivity contribution in [2.75, 3.05) is 25.5 Å². The van der Waals surface area contributed by atoms with E-state index in [0.29, 0.717) is 19.0 Å². The van der Waals surface area contributed by atoms with Gasteiger partial charge in [0.2, 0.25) is 11.9 Å². The number of fused-ring (bicyclic) bond motifs is 6. The zero-order valence-electron chi connectivity index (χ0n) is 18.8. The molecule has 5 heterocycles. The van der Waals surface area contributed by atoms with Gasteiger partial charge in [-0.25, -0.2) is 9.97 Å². The molecule has 170 valence electrons. The van der Waals surface area contributed by atoms with Crippen LogP contribution in [0.5, 0.6) is 5.75 Å². The highest BCUT2D eigenvalue weighted by Gasteiger charge is 2.31. The summed E-state index contributed by atoms with van der Waals surface area (Å²) in [5.74, 6) is 1.42. The Balaban J connectivity index is 1.50. The molecular weight excluding hydrogens is 416 g/mol. The third kappa shape index (κ3) is 4.80. The molecule has 1 fully saturated rings. The van der Waals surface area contributed by atoms with Gasteiger partial charge in [-0.15, -0.1) is 0 Å². The van der Waals surface area contributed by atoms with Crippen LogP contribution in [0.15, 0.2) is 48.8 Å². The van der Waals surface area contributed by atoms with Gasteiger partial charge in [0.25, 0.3) is 0 Å². The maximum Gasteiger partial charge on any atom is 0.237 e. The Morgan fingerprint density at radius 1 is 1.12 bits per heavy atom. The number of amides is 1. The number of ether oxygens (including phenoxy) is 1. The van der Waals surface area contributed by atoms with Crippen molar-refractivity contribution in [1.29, 1.82) is 0 Å². The standard InChI is InChI=1S/C25H28N6O2/c1-33-23-9-8-20-14-18(23)16-31-13-3-5-22(31)24(32)26-11-2-4-19-7-6-17(15-28-19)21-10-12-27-25(29-20)30-21/h6-10,12,14-15,22H,2-5,11,13,16H2,1H3,(H,26,32)(H,27,29,30)/t22-/m0/s1. The molecule has 0 aliphatic carbocycles. The molecular formula is C25H28N6O2. The number of pyridine rings is 1. The highest BCUT2D eigenvalue weighted by molar-refractivity contribution is 5.82. The molecule has 2 N–H and O–H groups in total. The van der Waals surface area contributed by atoms with Gasteiger partial charge in [0.1, 0.15) is 5.75 Å². The van der Waals surface area contributed by atoms with Crippen molar-refractivity contribution in [3.8, 4) is 17.0 Å². The van der Waals surface area contributed by atoms with E-state index in [1.807, 2.05) is 42.6 Å². The van der Waals surface area contributed by atoms with Crippen molar-refractivity contribution in [3.05, 3.63) is 60.0 Å². The summed E-state index contributed by atoms with van der Waals surface area (Å²) >= 11 is 0. The first-order chi connectivity index (χ1) is 16.2. The molecule has 8 nitrogen and oxygen atoms in total. The van der Waals surface area contributed by atoms with Crippen LogP contribution in [0, 0.1) is 0 Å². The number of aromatic nitrogens is 3. The van der Waals surface area contributed by atoms with E-state index in [1.54, 1.807) is 13.3 Å². The lowest BCUT2D eigenvalue weighted by atomic mass is 10.1. The highest BCUT2D eigenvalue weighted by Crippen LogP contribution is 2.29. The number of carbonyl (C=O) groups is 1. The summed E-state index contributed by atoms with van der Waals surface area (Å²) in [5, 5.41) is 6.44. The van der Waals surface area contributed by atoms with Crippen molar-refractivity contribution >= 4 is 17.5 Å². The average molecular weight is 445 g/mol. The minimum Gasteiger partial charge on any atom is -0.496 e. The predicted octanol–water partition coefficient (Wildman–Crippen LogP) is 3.32. The number of methoxy groups -OCH3 is 1. The van der Waals surface area contributed by atoms with E-state index < -0.39 is 0 Å². The van der Waals surface area contributed by atoms with Gasteiger partial charge in [-0.2, -0.15) is 0 Å². The van der Waals surface area contributed by atoms with Crippen LogP contribution in [-0.4, -0.2) is 52.0 Å². The Morgan fingerprint density at radius 2 is 2.06 bits per heavy atom. The summed E-state index contributed by atoms with van der Waals surface area (Å²) in [7, 11) is 1.67. The Bertz CT molecular complexity index is 1130. The lowest BCUT2D eigenvalue weighted by Crippen LogP contribution is -2.43. The first kappa shape index (κ1) is 21.3. The molecule has 2 aromatic heterocycles. The number of benzene rings is 1. The molecule has 3 aliphatic rings. The molecule has 1 saturated heterocycles. The minimum atomic E-state index is -0.120. The Morgan fingerprint density at radius 3 is 2.91 bits per heavy atom. The molecule has 6 bridgehead atoms. The molecule has 1 aromatic carbocycles. The van der Waals surface area contributed by atoms with Crippen LogP contribution in [0.1, 0.15) is 30.5 Å². The van der Waals surface area contributed by atoms with E-state index in [0.717, 1.165) is 66.2 Å². The van der Waals surface area contributed by atoms with E-state index in [2.05, 4.69) is 30.5 Å². The van der Waals surface area contributed by atoms with Gasteiger partial charge in [0, 0.05) is 48.0 Å². The predicted molar refractivity (Wildman–Crippen MR) is 126 cm³/mol. The number of aryl methyl sites for hydroxylation is 1. The molecule has 0 saturated carbocycles. The monoisotopic (exact) mass is 444 g/mol. The van der Waals surface area contributed by atoms with Gasteiger partial charge in [-0.1, -0.05) is 0 Å². The van der Waals surface area contributed by atoms with Gasteiger partial charge in [-0.3, -0.25) is 14.7 Å². The molecule has 1 amide bonds. The summed E-state index contributed by atoms with van der Waals surface area (Å²) < 4.78 is 5.61. The van der Waals surface area contributed by atoms with Crippen molar-refractivity contribution in [3.63, 3.8) is 0 Å². The number of carbonyl (C=O) groups excluding carboxylic acids is 1. The lowest BCUT2D eigenvalue weighted by molar-refractivity contribution is -0.125. The summed E-state index contributed by atoms with van der Waals surface area (Å²) in [4.78, 5) is 28.8. The van der Waals surface area contributed by atoms with Gasteiger partial charge in [0.05, 0.1) is 18.8 Å². The van der Waals surface area contributed by atoms with Crippen LogP contribution in [0.25, 0.3) is 11.3 Å². The van der Waals surface area contributed by atoms with Gasteiger partial charge in [-0.05, 0) is 68.6 Å². The van der Waals surface area contributed by atoms with Gasteiger partial charge >= 0.3 is 0 Å². The molecule has 0 radical (unpaired) electrons. The summed E-state index contributed by atoms with van der Waals surface area (Å²) in [5.41, 5.74) is 4.64. The lowest BCUT2D eigenvalue weighted by Gasteiger charge is -2.25. The Kier molecular flexibility index (Phi) is 6.17. The molecule has 0 spiro atoms. The number of hydrogen-bond donors (Lipinski definition) is 2. The molecule has 0 unspecified atom stereocenters. The first-order valence-electron chi connectivity index (χ1n) is 11.4. The molecule has 8 heteroatoms. The summed E-state index contributed by atoms with van der Waals surface area (Å²) in [6, 6.07) is 11.8.